The van der Waals surface area contributed by atoms with E-state index in [0.29, 0.717) is 28.6 Å². The number of anilines is 2. The lowest BCUT2D eigenvalue weighted by Gasteiger charge is -2.14. The first kappa shape index (κ1) is 20.6. The molecule has 0 unspecified atom stereocenters. The van der Waals surface area contributed by atoms with E-state index in [9.17, 15) is 0 Å². The third-order valence-electron chi connectivity index (χ3n) is 5.06. The summed E-state index contributed by atoms with van der Waals surface area (Å²) in [6.07, 6.45) is 3.21. The highest BCUT2D eigenvalue weighted by Crippen LogP contribution is 2.33. The number of nitrogens with zero attached hydrogens (tertiary/aromatic N) is 4. The number of nitrogens with one attached hydrogen (secondary N) is 1. The molecule has 1 N–H and O–H groups in total. The van der Waals surface area contributed by atoms with E-state index < -0.39 is 5.82 Å². The minimum absolute atomic E-state index is 0. The van der Waals surface area contributed by atoms with Gasteiger partial charge in [-0.2, -0.15) is 0 Å². The predicted molar refractivity (Wildman–Crippen MR) is 122 cm³/mol. The summed E-state index contributed by atoms with van der Waals surface area (Å²) < 4.78 is 23.0. The maximum absolute atomic E-state index is 15.1. The molecule has 2 aromatic heterocycles. The van der Waals surface area contributed by atoms with Crippen LogP contribution in [0.4, 0.5) is 15.9 Å². The van der Waals surface area contributed by atoms with Crippen molar-refractivity contribution < 1.29 is 9.13 Å². The smallest absolute Gasteiger partial charge is 0.153 e. The Kier molecular flexibility index (Phi) is 5.44. The highest BCUT2D eigenvalue weighted by atomic mass is 35.5. The third kappa shape index (κ3) is 3.75. The van der Waals surface area contributed by atoms with Gasteiger partial charge in [-0.3, -0.25) is 0 Å². The lowest BCUT2D eigenvalue weighted by atomic mass is 10.1. The molecule has 5 aromatic rings. The molecule has 8 heteroatoms. The first-order valence-corrected chi connectivity index (χ1v) is 9.45. The first-order valence-electron chi connectivity index (χ1n) is 9.45. The molecular formula is C23H19ClFN5O. The Labute approximate surface area is 184 Å². The van der Waals surface area contributed by atoms with Gasteiger partial charge in [-0.05, 0) is 43.3 Å². The zero-order chi connectivity index (χ0) is 20.7. The van der Waals surface area contributed by atoms with E-state index in [1.54, 1.807) is 25.4 Å². The van der Waals surface area contributed by atoms with Gasteiger partial charge in [-0.1, -0.05) is 12.1 Å². The standard InChI is InChI=1S/C23H18FN5O.ClH/c1-14-21(30-15-7-9-20-19(11-15)27-13-29(20)2)10-8-18(22(14)24)28-23-16-5-3-4-6-17(16)25-12-26-23;/h3-13H,1-2H3,(H,25,26,28);1H. The molecular weight excluding hydrogens is 417 g/mol. The zero-order valence-electron chi connectivity index (χ0n) is 16.8. The molecule has 0 amide bonds. The van der Waals surface area contributed by atoms with Gasteiger partial charge in [-0.15, -0.1) is 12.4 Å². The summed E-state index contributed by atoms with van der Waals surface area (Å²) in [5.41, 5.74) is 3.34. The van der Waals surface area contributed by atoms with Crippen LogP contribution in [0, 0.1) is 12.7 Å². The fraction of sp³-hybridized carbons (Fsp3) is 0.0870. The zero-order valence-corrected chi connectivity index (χ0v) is 17.7. The number of aromatic nitrogens is 4. The van der Waals surface area contributed by atoms with Gasteiger partial charge in [0.25, 0.3) is 0 Å². The van der Waals surface area contributed by atoms with E-state index in [2.05, 4.69) is 20.3 Å². The Morgan fingerprint density at radius 1 is 0.968 bits per heavy atom. The van der Waals surface area contributed by atoms with Crippen LogP contribution < -0.4 is 10.1 Å². The molecule has 5 rings (SSSR count). The Balaban J connectivity index is 0.00000231. The van der Waals surface area contributed by atoms with E-state index in [-0.39, 0.29) is 12.4 Å². The number of imidazole rings is 1. The van der Waals surface area contributed by atoms with E-state index >= 15 is 4.39 Å². The van der Waals surface area contributed by atoms with Crippen LogP contribution in [-0.2, 0) is 7.05 Å². The molecule has 0 aliphatic heterocycles. The topological polar surface area (TPSA) is 64.9 Å². The number of aryl methyl sites for hydroxylation is 1. The Bertz CT molecular complexity index is 1400. The van der Waals surface area contributed by atoms with E-state index in [1.807, 2.05) is 54.1 Å². The molecule has 0 saturated heterocycles. The number of para-hydroxylation sites is 1. The molecule has 156 valence electrons. The highest BCUT2D eigenvalue weighted by molar-refractivity contribution is 5.90. The normalized spacial score (nSPS) is 10.8. The van der Waals surface area contributed by atoms with Crippen molar-refractivity contribution in [1.29, 1.82) is 0 Å². The van der Waals surface area contributed by atoms with Crippen LogP contribution in [-0.4, -0.2) is 19.5 Å². The SMILES string of the molecule is Cc1c(Oc2ccc3c(c2)ncn3C)ccc(Nc2ncnc3ccccc23)c1F.Cl. The van der Waals surface area contributed by atoms with Crippen LogP contribution in [0.15, 0.2) is 67.3 Å². The fourth-order valence-corrected chi connectivity index (χ4v) is 3.41. The minimum atomic E-state index is -0.394. The molecule has 0 aliphatic carbocycles. The van der Waals surface area contributed by atoms with Crippen LogP contribution in [0.1, 0.15) is 5.56 Å². The summed E-state index contributed by atoms with van der Waals surface area (Å²) in [5.74, 6) is 1.20. The molecule has 3 aromatic carbocycles. The summed E-state index contributed by atoms with van der Waals surface area (Å²) in [4.78, 5) is 12.8. The summed E-state index contributed by atoms with van der Waals surface area (Å²) in [5, 5.41) is 3.90. The molecule has 0 saturated carbocycles. The molecule has 0 bridgehead atoms. The molecule has 0 spiro atoms. The minimum Gasteiger partial charge on any atom is -0.457 e. The van der Waals surface area contributed by atoms with Crippen molar-refractivity contribution in [2.45, 2.75) is 6.92 Å². The van der Waals surface area contributed by atoms with Crippen LogP contribution >= 0.6 is 12.4 Å². The van der Waals surface area contributed by atoms with Crippen molar-refractivity contribution in [2.75, 3.05) is 5.32 Å². The second-order valence-corrected chi connectivity index (χ2v) is 7.02. The summed E-state index contributed by atoms with van der Waals surface area (Å²) in [7, 11) is 1.93. The van der Waals surface area contributed by atoms with Crippen LogP contribution in [0.25, 0.3) is 21.9 Å². The molecule has 0 radical (unpaired) electrons. The quantitative estimate of drug-likeness (QED) is 0.379. The lowest BCUT2D eigenvalue weighted by Crippen LogP contribution is -2.00. The Morgan fingerprint density at radius 3 is 2.68 bits per heavy atom. The van der Waals surface area contributed by atoms with Crippen molar-refractivity contribution in [2.24, 2.45) is 7.05 Å². The Morgan fingerprint density at radius 2 is 1.81 bits per heavy atom. The molecule has 31 heavy (non-hydrogen) atoms. The summed E-state index contributed by atoms with van der Waals surface area (Å²) in [6, 6.07) is 16.6. The van der Waals surface area contributed by atoms with Crippen molar-refractivity contribution in [1.82, 2.24) is 19.5 Å². The van der Waals surface area contributed by atoms with Crippen LogP contribution in [0.3, 0.4) is 0 Å². The number of hydrogen-bond donors (Lipinski definition) is 1. The van der Waals surface area contributed by atoms with Crippen molar-refractivity contribution in [3.63, 3.8) is 0 Å². The molecule has 0 aliphatic rings. The van der Waals surface area contributed by atoms with Gasteiger partial charge in [0.2, 0.25) is 0 Å². The van der Waals surface area contributed by atoms with Gasteiger partial charge in [0.15, 0.2) is 5.82 Å². The maximum Gasteiger partial charge on any atom is 0.153 e. The second-order valence-electron chi connectivity index (χ2n) is 7.02. The number of halogens is 2. The van der Waals surface area contributed by atoms with Crippen molar-refractivity contribution in [3.05, 3.63) is 78.6 Å². The van der Waals surface area contributed by atoms with Gasteiger partial charge < -0.3 is 14.6 Å². The molecule has 0 atom stereocenters. The molecule has 0 fully saturated rings. The Hall–Kier alpha value is -3.71. The maximum atomic E-state index is 15.1. The number of ether oxygens (including phenoxy) is 1. The highest BCUT2D eigenvalue weighted by Gasteiger charge is 2.14. The molecule has 6 nitrogen and oxygen atoms in total. The molecule has 2 heterocycles. The van der Waals surface area contributed by atoms with Crippen molar-refractivity contribution in [3.8, 4) is 11.5 Å². The van der Waals surface area contributed by atoms with Gasteiger partial charge in [0.05, 0.1) is 28.6 Å². The van der Waals surface area contributed by atoms with E-state index in [4.69, 9.17) is 4.74 Å². The van der Waals surface area contributed by atoms with Crippen LogP contribution in [0.5, 0.6) is 11.5 Å². The largest absolute Gasteiger partial charge is 0.457 e. The average Bonchev–Trinajstić information content (AvgIpc) is 3.14. The third-order valence-corrected chi connectivity index (χ3v) is 5.06. The average molecular weight is 436 g/mol. The summed E-state index contributed by atoms with van der Waals surface area (Å²) >= 11 is 0. The van der Waals surface area contributed by atoms with E-state index in [1.165, 1.54) is 6.33 Å². The van der Waals surface area contributed by atoms with Crippen LogP contribution in [0.2, 0.25) is 0 Å². The fourth-order valence-electron chi connectivity index (χ4n) is 3.41. The summed E-state index contributed by atoms with van der Waals surface area (Å²) in [6.45, 7) is 1.69. The first-order chi connectivity index (χ1) is 14.6. The van der Waals surface area contributed by atoms with Gasteiger partial charge >= 0.3 is 0 Å². The number of hydrogen-bond acceptors (Lipinski definition) is 5. The lowest BCUT2D eigenvalue weighted by molar-refractivity contribution is 0.472. The number of benzene rings is 3. The van der Waals surface area contributed by atoms with Gasteiger partial charge in [0, 0.05) is 24.1 Å². The van der Waals surface area contributed by atoms with E-state index in [0.717, 1.165) is 21.9 Å². The number of rotatable bonds is 4. The van der Waals surface area contributed by atoms with Gasteiger partial charge in [-0.25, -0.2) is 19.3 Å². The second kappa shape index (κ2) is 8.20. The van der Waals surface area contributed by atoms with Crippen molar-refractivity contribution >= 4 is 45.8 Å². The monoisotopic (exact) mass is 435 g/mol. The van der Waals surface area contributed by atoms with Gasteiger partial charge in [0.1, 0.15) is 23.6 Å². The number of fused-ring (bicyclic) bond motifs is 2. The predicted octanol–water partition coefficient (Wildman–Crippen LogP) is 5.92.